The molecule has 17 heavy (non-hydrogen) atoms. The van der Waals surface area contributed by atoms with Crippen LogP contribution in [0.15, 0.2) is 48.6 Å². The molecule has 0 saturated carbocycles. The maximum Gasteiger partial charge on any atom is 0.138 e. The van der Waals surface area contributed by atoms with Gasteiger partial charge < -0.3 is 5.73 Å². The Morgan fingerprint density at radius 3 is 2.82 bits per heavy atom. The average molecular weight is 223 g/mol. The van der Waals surface area contributed by atoms with Gasteiger partial charge in [0.25, 0.3) is 0 Å². The van der Waals surface area contributed by atoms with Crippen LogP contribution in [-0.4, -0.2) is 9.97 Å². The molecule has 3 heteroatoms. The number of allylic oxidation sites excluding steroid dienone is 4. The van der Waals surface area contributed by atoms with Crippen LogP contribution in [0.5, 0.6) is 0 Å². The van der Waals surface area contributed by atoms with E-state index in [1.165, 1.54) is 0 Å². The monoisotopic (exact) mass is 223 g/mol. The van der Waals surface area contributed by atoms with E-state index in [1.54, 1.807) is 0 Å². The topological polar surface area (TPSA) is 51.8 Å². The van der Waals surface area contributed by atoms with Crippen LogP contribution in [0.25, 0.3) is 10.9 Å². The summed E-state index contributed by atoms with van der Waals surface area (Å²) in [6.07, 6.45) is 9.25. The summed E-state index contributed by atoms with van der Waals surface area (Å²) in [5.41, 5.74) is 6.89. The maximum atomic E-state index is 5.97. The van der Waals surface area contributed by atoms with Crippen molar-refractivity contribution in [1.29, 1.82) is 0 Å². The van der Waals surface area contributed by atoms with E-state index < -0.39 is 0 Å². The third-order valence-corrected chi connectivity index (χ3v) is 2.96. The Kier molecular flexibility index (Phi) is 2.37. The molecule has 0 amide bonds. The Labute approximate surface area is 99.7 Å². The van der Waals surface area contributed by atoms with Gasteiger partial charge in [-0.05, 0) is 18.6 Å². The lowest BCUT2D eigenvalue weighted by Gasteiger charge is -2.13. The third-order valence-electron chi connectivity index (χ3n) is 2.96. The first-order chi connectivity index (χ1) is 8.34. The van der Waals surface area contributed by atoms with Crippen molar-refractivity contribution >= 4 is 16.7 Å². The molecule has 1 aliphatic carbocycles. The Morgan fingerprint density at radius 1 is 1.12 bits per heavy atom. The summed E-state index contributed by atoms with van der Waals surface area (Å²) in [5.74, 6) is 1.61. The SMILES string of the molecule is Nc1nc(C2C=CC=CC2)nc2ccccc12. The molecule has 1 aliphatic rings. The van der Waals surface area contributed by atoms with Crippen molar-refractivity contribution in [3.63, 3.8) is 0 Å². The van der Waals surface area contributed by atoms with Crippen LogP contribution in [0, 0.1) is 0 Å². The molecule has 1 heterocycles. The van der Waals surface area contributed by atoms with Gasteiger partial charge in [0.2, 0.25) is 0 Å². The summed E-state index contributed by atoms with van der Waals surface area (Å²) in [6, 6.07) is 7.84. The summed E-state index contributed by atoms with van der Waals surface area (Å²) in [7, 11) is 0. The lowest BCUT2D eigenvalue weighted by atomic mass is 10.00. The minimum atomic E-state index is 0.243. The number of hydrogen-bond donors (Lipinski definition) is 1. The second-order valence-electron chi connectivity index (χ2n) is 4.14. The molecule has 0 saturated heterocycles. The lowest BCUT2D eigenvalue weighted by molar-refractivity contribution is 0.782. The molecule has 2 N–H and O–H groups in total. The van der Waals surface area contributed by atoms with Gasteiger partial charge in [-0.2, -0.15) is 0 Å². The smallest absolute Gasteiger partial charge is 0.138 e. The zero-order valence-electron chi connectivity index (χ0n) is 9.38. The number of aromatic nitrogens is 2. The number of hydrogen-bond acceptors (Lipinski definition) is 3. The number of benzene rings is 1. The summed E-state index contributed by atoms with van der Waals surface area (Å²) in [4.78, 5) is 8.99. The second kappa shape index (κ2) is 4.01. The quantitative estimate of drug-likeness (QED) is 0.808. The van der Waals surface area contributed by atoms with E-state index in [2.05, 4.69) is 22.1 Å². The molecule has 0 bridgehead atoms. The van der Waals surface area contributed by atoms with Crippen LogP contribution in [-0.2, 0) is 0 Å². The van der Waals surface area contributed by atoms with E-state index in [4.69, 9.17) is 5.73 Å². The molecule has 3 rings (SSSR count). The number of nitrogens with two attached hydrogens (primary N) is 1. The van der Waals surface area contributed by atoms with Crippen molar-refractivity contribution in [2.75, 3.05) is 5.73 Å². The summed E-state index contributed by atoms with van der Waals surface area (Å²) < 4.78 is 0. The summed E-state index contributed by atoms with van der Waals surface area (Å²) in [6.45, 7) is 0. The fourth-order valence-corrected chi connectivity index (χ4v) is 2.06. The highest BCUT2D eigenvalue weighted by Crippen LogP contribution is 2.25. The van der Waals surface area contributed by atoms with Gasteiger partial charge in [-0.3, -0.25) is 0 Å². The van der Waals surface area contributed by atoms with Crippen molar-refractivity contribution in [2.24, 2.45) is 0 Å². The number of nitrogen functional groups attached to an aromatic ring is 1. The van der Waals surface area contributed by atoms with Crippen molar-refractivity contribution in [3.8, 4) is 0 Å². The molecule has 1 atom stereocenters. The van der Waals surface area contributed by atoms with Crippen LogP contribution < -0.4 is 5.73 Å². The van der Waals surface area contributed by atoms with Crippen LogP contribution in [0.3, 0.4) is 0 Å². The van der Waals surface area contributed by atoms with E-state index >= 15 is 0 Å². The standard InChI is InChI=1S/C14H13N3/c15-13-11-8-4-5-9-12(11)16-14(17-13)10-6-2-1-3-7-10/h1-6,8-10H,7H2,(H2,15,16,17). The first-order valence-corrected chi connectivity index (χ1v) is 5.70. The minimum absolute atomic E-state index is 0.243. The van der Waals surface area contributed by atoms with Gasteiger partial charge in [0.15, 0.2) is 0 Å². The van der Waals surface area contributed by atoms with E-state index in [-0.39, 0.29) is 5.92 Å². The van der Waals surface area contributed by atoms with Crippen LogP contribution in [0.2, 0.25) is 0 Å². The van der Waals surface area contributed by atoms with Gasteiger partial charge in [-0.15, -0.1) is 0 Å². The largest absolute Gasteiger partial charge is 0.383 e. The van der Waals surface area contributed by atoms with Gasteiger partial charge in [-0.25, -0.2) is 9.97 Å². The molecule has 0 aliphatic heterocycles. The van der Waals surface area contributed by atoms with Crippen molar-refractivity contribution in [2.45, 2.75) is 12.3 Å². The van der Waals surface area contributed by atoms with Crippen LogP contribution >= 0.6 is 0 Å². The molecule has 3 nitrogen and oxygen atoms in total. The van der Waals surface area contributed by atoms with Crippen molar-refractivity contribution in [1.82, 2.24) is 9.97 Å². The average Bonchev–Trinajstić information content (AvgIpc) is 2.40. The fourth-order valence-electron chi connectivity index (χ4n) is 2.06. The number of fused-ring (bicyclic) bond motifs is 1. The summed E-state index contributed by atoms with van der Waals surface area (Å²) in [5, 5.41) is 0.923. The maximum absolute atomic E-state index is 5.97. The number of nitrogens with zero attached hydrogens (tertiary/aromatic N) is 2. The molecular weight excluding hydrogens is 210 g/mol. The van der Waals surface area contributed by atoms with Gasteiger partial charge in [-0.1, -0.05) is 36.4 Å². The van der Waals surface area contributed by atoms with E-state index in [0.717, 1.165) is 23.1 Å². The molecule has 1 unspecified atom stereocenters. The first-order valence-electron chi connectivity index (χ1n) is 5.70. The number of anilines is 1. The van der Waals surface area contributed by atoms with E-state index in [0.29, 0.717) is 5.82 Å². The molecule has 84 valence electrons. The van der Waals surface area contributed by atoms with Gasteiger partial charge in [0.05, 0.1) is 5.52 Å². The van der Waals surface area contributed by atoms with E-state index in [1.807, 2.05) is 36.4 Å². The van der Waals surface area contributed by atoms with E-state index in [9.17, 15) is 0 Å². The Bertz CT molecular complexity index is 614. The highest BCUT2D eigenvalue weighted by molar-refractivity contribution is 5.87. The third kappa shape index (κ3) is 1.80. The number of para-hydroxylation sites is 1. The Hall–Kier alpha value is -2.16. The highest BCUT2D eigenvalue weighted by atomic mass is 15.0. The fraction of sp³-hybridized carbons (Fsp3) is 0.143. The van der Waals surface area contributed by atoms with Crippen LogP contribution in [0.4, 0.5) is 5.82 Å². The molecule has 1 aromatic carbocycles. The molecule has 0 radical (unpaired) electrons. The normalized spacial score (nSPS) is 18.7. The van der Waals surface area contributed by atoms with Gasteiger partial charge in [0.1, 0.15) is 11.6 Å². The highest BCUT2D eigenvalue weighted by Gasteiger charge is 2.13. The second-order valence-corrected chi connectivity index (χ2v) is 4.14. The predicted octanol–water partition coefficient (Wildman–Crippen LogP) is 2.81. The predicted molar refractivity (Wildman–Crippen MR) is 69.6 cm³/mol. The van der Waals surface area contributed by atoms with Gasteiger partial charge >= 0.3 is 0 Å². The Morgan fingerprint density at radius 2 is 2.00 bits per heavy atom. The summed E-state index contributed by atoms with van der Waals surface area (Å²) >= 11 is 0. The molecule has 0 fully saturated rings. The van der Waals surface area contributed by atoms with Crippen molar-refractivity contribution in [3.05, 3.63) is 54.4 Å². The van der Waals surface area contributed by atoms with Crippen LogP contribution in [0.1, 0.15) is 18.2 Å². The molecular formula is C14H13N3. The van der Waals surface area contributed by atoms with Gasteiger partial charge in [0, 0.05) is 11.3 Å². The first kappa shape index (κ1) is 10.0. The molecule has 0 spiro atoms. The molecule has 2 aromatic rings. The number of rotatable bonds is 1. The minimum Gasteiger partial charge on any atom is -0.383 e. The zero-order chi connectivity index (χ0) is 11.7. The van der Waals surface area contributed by atoms with Crippen molar-refractivity contribution < 1.29 is 0 Å². The Balaban J connectivity index is 2.12. The molecule has 1 aromatic heterocycles. The zero-order valence-corrected chi connectivity index (χ0v) is 9.38. The lowest BCUT2D eigenvalue weighted by Crippen LogP contribution is -2.06.